The van der Waals surface area contributed by atoms with Gasteiger partial charge in [-0.2, -0.15) is 0 Å². The Balaban J connectivity index is 1.53. The van der Waals surface area contributed by atoms with E-state index in [-0.39, 0.29) is 11.7 Å². The molecular formula is C14H17BN6O2. The normalized spacial score (nSPS) is 20.2. The lowest BCUT2D eigenvalue weighted by molar-refractivity contribution is 0.0688. The molecule has 1 saturated carbocycles. The molecule has 0 radical (unpaired) electrons. The van der Waals surface area contributed by atoms with Crippen LogP contribution < -0.4 is 16.1 Å². The van der Waals surface area contributed by atoms with Gasteiger partial charge in [0.2, 0.25) is 5.95 Å². The number of anilines is 2. The number of nitrogens with zero attached hydrogens (tertiary/aromatic N) is 4. The zero-order valence-electron chi connectivity index (χ0n) is 12.7. The van der Waals surface area contributed by atoms with Crippen molar-refractivity contribution in [3.05, 3.63) is 30.2 Å². The Morgan fingerprint density at radius 2 is 1.91 bits per heavy atom. The van der Waals surface area contributed by atoms with Gasteiger partial charge in [-0.25, -0.2) is 14.8 Å². The monoisotopic (exact) mass is 312 g/mol. The second-order valence-electron chi connectivity index (χ2n) is 5.69. The molecule has 0 aromatic carbocycles. The number of nitrogens with one attached hydrogen (secondary N) is 2. The van der Waals surface area contributed by atoms with Crippen LogP contribution in [-0.2, 0) is 0 Å². The number of rotatable bonds is 5. The van der Waals surface area contributed by atoms with Gasteiger partial charge in [0.05, 0.1) is 6.20 Å². The number of carbonyl (C=O) groups is 1. The average molecular weight is 312 g/mol. The first-order valence-corrected chi connectivity index (χ1v) is 7.49. The van der Waals surface area contributed by atoms with Crippen LogP contribution in [0.4, 0.5) is 11.8 Å². The van der Waals surface area contributed by atoms with E-state index >= 15 is 0 Å². The summed E-state index contributed by atoms with van der Waals surface area (Å²) in [6, 6.07) is 4.58. The highest BCUT2D eigenvalue weighted by atomic mass is 16.4. The van der Waals surface area contributed by atoms with Crippen LogP contribution >= 0.6 is 0 Å². The molecule has 2 heterocycles. The Labute approximate surface area is 134 Å². The van der Waals surface area contributed by atoms with E-state index in [1.54, 1.807) is 0 Å². The zero-order chi connectivity index (χ0) is 16.2. The maximum atomic E-state index is 10.7. The van der Waals surface area contributed by atoms with Gasteiger partial charge in [0, 0.05) is 18.3 Å². The molecule has 2 aromatic rings. The predicted octanol–water partition coefficient (Wildman–Crippen LogP) is -0.332. The van der Waals surface area contributed by atoms with Gasteiger partial charge < -0.3 is 15.7 Å². The van der Waals surface area contributed by atoms with Crippen molar-refractivity contribution in [2.24, 2.45) is 0 Å². The van der Waals surface area contributed by atoms with Crippen molar-refractivity contribution < 1.29 is 9.90 Å². The van der Waals surface area contributed by atoms with Gasteiger partial charge in [-0.15, -0.1) is 10.2 Å². The minimum Gasteiger partial charge on any atom is -0.476 e. The maximum Gasteiger partial charge on any atom is 0.358 e. The van der Waals surface area contributed by atoms with Crippen LogP contribution in [0.3, 0.4) is 0 Å². The van der Waals surface area contributed by atoms with Crippen LogP contribution in [0.15, 0.2) is 24.5 Å². The molecule has 8 nitrogen and oxygen atoms in total. The summed E-state index contributed by atoms with van der Waals surface area (Å²) < 4.78 is 0. The molecule has 1 aliphatic carbocycles. The Kier molecular flexibility index (Phi) is 4.36. The highest BCUT2D eigenvalue weighted by Gasteiger charge is 2.25. The SMILES string of the molecule is Bc1ccc(NC2CCC(Nc3ncc(C(=O)O)nn3)C2)nc1. The van der Waals surface area contributed by atoms with Crippen molar-refractivity contribution in [3.8, 4) is 0 Å². The summed E-state index contributed by atoms with van der Waals surface area (Å²) in [5, 5.41) is 22.8. The summed E-state index contributed by atoms with van der Waals surface area (Å²) in [4.78, 5) is 19.1. The zero-order valence-corrected chi connectivity index (χ0v) is 12.7. The van der Waals surface area contributed by atoms with Crippen molar-refractivity contribution in [1.82, 2.24) is 20.2 Å². The lowest BCUT2D eigenvalue weighted by Crippen LogP contribution is -2.22. The third kappa shape index (κ3) is 3.94. The molecule has 0 spiro atoms. The highest BCUT2D eigenvalue weighted by molar-refractivity contribution is 6.32. The Hall–Kier alpha value is -2.71. The fourth-order valence-corrected chi connectivity index (χ4v) is 2.63. The topological polar surface area (TPSA) is 113 Å². The number of hydrogen-bond acceptors (Lipinski definition) is 7. The number of pyridine rings is 1. The molecule has 9 heteroatoms. The molecule has 0 aliphatic heterocycles. The van der Waals surface area contributed by atoms with E-state index in [1.165, 1.54) is 6.20 Å². The first-order valence-electron chi connectivity index (χ1n) is 7.49. The summed E-state index contributed by atoms with van der Waals surface area (Å²) in [5.74, 6) is 0.103. The summed E-state index contributed by atoms with van der Waals surface area (Å²) >= 11 is 0. The first-order chi connectivity index (χ1) is 11.1. The third-order valence-electron chi connectivity index (χ3n) is 3.81. The van der Waals surface area contributed by atoms with Crippen molar-refractivity contribution in [1.29, 1.82) is 0 Å². The highest BCUT2D eigenvalue weighted by Crippen LogP contribution is 2.24. The number of aromatic carboxylic acids is 1. The molecule has 3 N–H and O–H groups in total. The van der Waals surface area contributed by atoms with Crippen molar-refractivity contribution in [2.45, 2.75) is 31.3 Å². The van der Waals surface area contributed by atoms with Gasteiger partial charge >= 0.3 is 5.97 Å². The molecule has 118 valence electrons. The van der Waals surface area contributed by atoms with E-state index < -0.39 is 5.97 Å². The van der Waals surface area contributed by atoms with Crippen molar-refractivity contribution in [2.75, 3.05) is 10.6 Å². The molecule has 3 rings (SSSR count). The molecule has 0 saturated heterocycles. The number of hydrogen-bond donors (Lipinski definition) is 3. The first kappa shape index (κ1) is 15.2. The molecule has 0 bridgehead atoms. The summed E-state index contributed by atoms with van der Waals surface area (Å²) in [7, 11) is 2.01. The minimum absolute atomic E-state index is 0.160. The Bertz CT molecular complexity index is 679. The van der Waals surface area contributed by atoms with Gasteiger partial charge in [0.1, 0.15) is 13.7 Å². The van der Waals surface area contributed by atoms with Gasteiger partial charge in [0.15, 0.2) is 5.69 Å². The second kappa shape index (κ2) is 6.59. The van der Waals surface area contributed by atoms with Crippen LogP contribution in [0.2, 0.25) is 0 Å². The number of aromatic nitrogens is 4. The number of carboxylic acid groups (broad SMARTS) is 1. The summed E-state index contributed by atoms with van der Waals surface area (Å²) in [6.45, 7) is 0. The molecule has 2 atom stereocenters. The van der Waals surface area contributed by atoms with Crippen LogP contribution in [0.5, 0.6) is 0 Å². The molecule has 2 unspecified atom stereocenters. The predicted molar refractivity (Wildman–Crippen MR) is 87.9 cm³/mol. The van der Waals surface area contributed by atoms with Crippen molar-refractivity contribution >= 4 is 31.0 Å². The largest absolute Gasteiger partial charge is 0.476 e. The summed E-state index contributed by atoms with van der Waals surface area (Å²) in [6.07, 6.45) is 5.97. The second-order valence-corrected chi connectivity index (χ2v) is 5.69. The lowest BCUT2D eigenvalue weighted by atomic mass is 9.99. The van der Waals surface area contributed by atoms with E-state index in [0.717, 1.165) is 30.5 Å². The standard InChI is InChI=1S/C14H17BN6O2/c15-8-1-4-12(16-6-8)18-9-2-3-10(5-9)19-14-17-7-11(13(22)23)20-21-14/h1,4,6-7,9-10H,2-3,5,15H2,(H,16,18)(H,22,23)(H,17,19,21). The summed E-state index contributed by atoms with van der Waals surface area (Å²) in [5.41, 5.74) is 0.975. The minimum atomic E-state index is -1.13. The molecule has 1 fully saturated rings. The van der Waals surface area contributed by atoms with E-state index in [2.05, 4.69) is 30.8 Å². The van der Waals surface area contributed by atoms with Gasteiger partial charge in [0.25, 0.3) is 0 Å². The fourth-order valence-electron chi connectivity index (χ4n) is 2.63. The van der Waals surface area contributed by atoms with Crippen molar-refractivity contribution in [3.63, 3.8) is 0 Å². The third-order valence-corrected chi connectivity index (χ3v) is 3.81. The van der Waals surface area contributed by atoms with Crippen LogP contribution in [0, 0.1) is 0 Å². The van der Waals surface area contributed by atoms with Crippen LogP contribution in [0.1, 0.15) is 29.8 Å². The molecule has 1 aliphatic rings. The molecule has 23 heavy (non-hydrogen) atoms. The van der Waals surface area contributed by atoms with Gasteiger partial charge in [-0.3, -0.25) is 0 Å². The maximum absolute atomic E-state index is 10.7. The van der Waals surface area contributed by atoms with Crippen LogP contribution in [-0.4, -0.2) is 51.2 Å². The van der Waals surface area contributed by atoms with Crippen LogP contribution in [0.25, 0.3) is 0 Å². The Morgan fingerprint density at radius 1 is 1.13 bits per heavy atom. The van der Waals surface area contributed by atoms with E-state index in [1.807, 2.05) is 26.2 Å². The quantitative estimate of drug-likeness (QED) is 0.643. The average Bonchev–Trinajstić information content (AvgIpc) is 2.97. The molecular weight excluding hydrogens is 295 g/mol. The van der Waals surface area contributed by atoms with Gasteiger partial charge in [-0.1, -0.05) is 11.5 Å². The van der Waals surface area contributed by atoms with Gasteiger partial charge in [-0.05, 0) is 25.3 Å². The molecule has 0 amide bonds. The lowest BCUT2D eigenvalue weighted by Gasteiger charge is -2.15. The fraction of sp³-hybridized carbons (Fsp3) is 0.357. The van der Waals surface area contributed by atoms with E-state index in [9.17, 15) is 4.79 Å². The Morgan fingerprint density at radius 3 is 2.52 bits per heavy atom. The van der Waals surface area contributed by atoms with E-state index in [4.69, 9.17) is 5.11 Å². The molecule has 2 aromatic heterocycles. The van der Waals surface area contributed by atoms with E-state index in [0.29, 0.717) is 12.0 Å². The smallest absolute Gasteiger partial charge is 0.358 e. The number of carboxylic acids is 1.